The van der Waals surface area contributed by atoms with E-state index in [2.05, 4.69) is 46.7 Å². The van der Waals surface area contributed by atoms with Crippen LogP contribution in [0.2, 0.25) is 5.02 Å². The number of aryl methyl sites for hydroxylation is 2. The van der Waals surface area contributed by atoms with Crippen molar-refractivity contribution in [3.63, 3.8) is 0 Å². The second kappa shape index (κ2) is 6.88. The molecular formula is C17H18ClN5O. The number of aromatic nitrogens is 4. The Hall–Kier alpha value is -2.60. The molecular weight excluding hydrogens is 326 g/mol. The van der Waals surface area contributed by atoms with Crippen LogP contribution in [0, 0.1) is 13.8 Å². The van der Waals surface area contributed by atoms with Crippen LogP contribution < -0.4 is 5.32 Å². The number of anilines is 1. The van der Waals surface area contributed by atoms with Crippen molar-refractivity contribution in [2.24, 2.45) is 0 Å². The van der Waals surface area contributed by atoms with Gasteiger partial charge in [-0.1, -0.05) is 41.4 Å². The molecule has 0 aliphatic rings. The summed E-state index contributed by atoms with van der Waals surface area (Å²) < 4.78 is 3.30. The highest BCUT2D eigenvalue weighted by atomic mass is 35.5. The number of halogens is 1. The maximum absolute atomic E-state index is 12.1. The number of rotatable bonds is 5. The minimum absolute atomic E-state index is 0.108. The van der Waals surface area contributed by atoms with E-state index < -0.39 is 0 Å². The van der Waals surface area contributed by atoms with Crippen LogP contribution >= 0.6 is 11.6 Å². The number of carbonyl (C=O) groups excluding carboxylic acids is 1. The van der Waals surface area contributed by atoms with Gasteiger partial charge < -0.3 is 5.32 Å². The van der Waals surface area contributed by atoms with Gasteiger partial charge in [0.2, 0.25) is 5.91 Å². The van der Waals surface area contributed by atoms with Crippen LogP contribution in [0.15, 0.2) is 42.9 Å². The molecule has 0 spiro atoms. The lowest BCUT2D eigenvalue weighted by Crippen LogP contribution is -2.18. The zero-order valence-corrected chi connectivity index (χ0v) is 14.3. The minimum atomic E-state index is -0.177. The first-order chi connectivity index (χ1) is 11.5. The summed E-state index contributed by atoms with van der Waals surface area (Å²) >= 11 is 5.93. The lowest BCUT2D eigenvalue weighted by atomic mass is 10.1. The molecule has 2 aromatic heterocycles. The average molecular weight is 344 g/mol. The quantitative estimate of drug-likeness (QED) is 0.774. The van der Waals surface area contributed by atoms with Gasteiger partial charge in [-0.25, -0.2) is 0 Å². The highest BCUT2D eigenvalue weighted by molar-refractivity contribution is 6.31. The molecule has 3 aromatic rings. The average Bonchev–Trinajstić information content (AvgIpc) is 3.08. The van der Waals surface area contributed by atoms with Crippen molar-refractivity contribution in [3.05, 3.63) is 64.7 Å². The number of amides is 1. The van der Waals surface area contributed by atoms with Crippen molar-refractivity contribution >= 4 is 23.2 Å². The Morgan fingerprint density at radius 1 is 1.17 bits per heavy atom. The summed E-state index contributed by atoms with van der Waals surface area (Å²) in [4.78, 5) is 12.1. The lowest BCUT2D eigenvalue weighted by Gasteiger charge is -2.03. The van der Waals surface area contributed by atoms with Crippen LogP contribution in [0.25, 0.3) is 0 Å². The Bertz CT molecular complexity index is 831. The predicted octanol–water partition coefficient (Wildman–Crippen LogP) is 3.04. The monoisotopic (exact) mass is 343 g/mol. The smallest absolute Gasteiger partial charge is 0.246 e. The SMILES string of the molecule is Cc1ccc(Cn2cc(NC(=O)Cn3cc(Cl)c(C)n3)cn2)cc1. The highest BCUT2D eigenvalue weighted by Crippen LogP contribution is 2.12. The number of hydrogen-bond acceptors (Lipinski definition) is 3. The fourth-order valence-electron chi connectivity index (χ4n) is 2.32. The molecule has 124 valence electrons. The van der Waals surface area contributed by atoms with Gasteiger partial charge in [-0.15, -0.1) is 0 Å². The molecule has 0 saturated heterocycles. The molecule has 0 bridgehead atoms. The molecule has 3 rings (SSSR count). The fourth-order valence-corrected chi connectivity index (χ4v) is 2.47. The van der Waals surface area contributed by atoms with E-state index in [0.29, 0.717) is 22.9 Å². The molecule has 0 aliphatic heterocycles. The van der Waals surface area contributed by atoms with E-state index >= 15 is 0 Å². The van der Waals surface area contributed by atoms with Gasteiger partial charge in [-0.2, -0.15) is 10.2 Å². The van der Waals surface area contributed by atoms with E-state index in [1.54, 1.807) is 30.2 Å². The van der Waals surface area contributed by atoms with Crippen molar-refractivity contribution in [1.29, 1.82) is 0 Å². The van der Waals surface area contributed by atoms with Crippen LogP contribution in [0.1, 0.15) is 16.8 Å². The normalized spacial score (nSPS) is 10.8. The molecule has 0 radical (unpaired) electrons. The number of carbonyl (C=O) groups is 1. The first-order valence-corrected chi connectivity index (χ1v) is 7.95. The van der Waals surface area contributed by atoms with Crippen molar-refractivity contribution in [2.75, 3.05) is 5.32 Å². The van der Waals surface area contributed by atoms with E-state index in [1.165, 1.54) is 10.2 Å². The van der Waals surface area contributed by atoms with Crippen molar-refractivity contribution < 1.29 is 4.79 Å². The highest BCUT2D eigenvalue weighted by Gasteiger charge is 2.08. The lowest BCUT2D eigenvalue weighted by molar-refractivity contribution is -0.116. The van der Waals surface area contributed by atoms with E-state index in [-0.39, 0.29) is 12.5 Å². The number of nitrogens with zero attached hydrogens (tertiary/aromatic N) is 4. The van der Waals surface area contributed by atoms with Crippen LogP contribution in [-0.4, -0.2) is 25.5 Å². The largest absolute Gasteiger partial charge is 0.322 e. The molecule has 0 aliphatic carbocycles. The molecule has 6 nitrogen and oxygen atoms in total. The zero-order chi connectivity index (χ0) is 17.1. The third-order valence-corrected chi connectivity index (χ3v) is 3.95. The van der Waals surface area contributed by atoms with E-state index in [4.69, 9.17) is 11.6 Å². The van der Waals surface area contributed by atoms with E-state index in [9.17, 15) is 4.79 Å². The molecule has 1 N–H and O–H groups in total. The second-order valence-electron chi connectivity index (χ2n) is 5.72. The van der Waals surface area contributed by atoms with E-state index in [0.717, 1.165) is 5.56 Å². The van der Waals surface area contributed by atoms with Crippen LogP contribution in [0.3, 0.4) is 0 Å². The number of nitrogens with one attached hydrogen (secondary N) is 1. The van der Waals surface area contributed by atoms with Crippen molar-refractivity contribution in [3.8, 4) is 0 Å². The van der Waals surface area contributed by atoms with Gasteiger partial charge in [0.1, 0.15) is 6.54 Å². The van der Waals surface area contributed by atoms with Gasteiger partial charge in [0.15, 0.2) is 0 Å². The van der Waals surface area contributed by atoms with Gasteiger partial charge in [-0.05, 0) is 19.4 Å². The van der Waals surface area contributed by atoms with Crippen molar-refractivity contribution in [2.45, 2.75) is 26.9 Å². The molecule has 24 heavy (non-hydrogen) atoms. The maximum Gasteiger partial charge on any atom is 0.246 e. The topological polar surface area (TPSA) is 64.7 Å². The zero-order valence-electron chi connectivity index (χ0n) is 13.5. The molecule has 0 unspecified atom stereocenters. The van der Waals surface area contributed by atoms with E-state index in [1.807, 2.05) is 0 Å². The third kappa shape index (κ3) is 4.02. The molecule has 1 aromatic carbocycles. The first kappa shape index (κ1) is 16.3. The standard InChI is InChI=1S/C17H18ClN5O/c1-12-3-5-14(6-4-12)8-22-9-15(7-19-22)20-17(24)11-23-10-16(18)13(2)21-23/h3-7,9-10H,8,11H2,1-2H3,(H,20,24). The summed E-state index contributed by atoms with van der Waals surface area (Å²) in [7, 11) is 0. The molecule has 1 amide bonds. The molecule has 0 saturated carbocycles. The van der Waals surface area contributed by atoms with Crippen LogP contribution in [0.5, 0.6) is 0 Å². The Morgan fingerprint density at radius 2 is 1.92 bits per heavy atom. The summed E-state index contributed by atoms with van der Waals surface area (Å²) in [6, 6.07) is 8.27. The van der Waals surface area contributed by atoms with Gasteiger partial charge in [0.25, 0.3) is 0 Å². The van der Waals surface area contributed by atoms with Gasteiger partial charge in [0.05, 0.1) is 29.1 Å². The molecule has 0 atom stereocenters. The third-order valence-electron chi connectivity index (χ3n) is 3.57. The summed E-state index contributed by atoms with van der Waals surface area (Å²) in [6.07, 6.45) is 5.07. The summed E-state index contributed by atoms with van der Waals surface area (Å²) in [5.41, 5.74) is 3.74. The summed E-state index contributed by atoms with van der Waals surface area (Å²) in [5, 5.41) is 11.8. The predicted molar refractivity (Wildman–Crippen MR) is 93.1 cm³/mol. The van der Waals surface area contributed by atoms with Gasteiger partial charge in [0, 0.05) is 12.4 Å². The van der Waals surface area contributed by atoms with Crippen molar-refractivity contribution in [1.82, 2.24) is 19.6 Å². The summed E-state index contributed by atoms with van der Waals surface area (Å²) in [5.74, 6) is -0.177. The molecule has 7 heteroatoms. The van der Waals surface area contributed by atoms with Crippen LogP contribution in [-0.2, 0) is 17.9 Å². The van der Waals surface area contributed by atoms with Gasteiger partial charge >= 0.3 is 0 Å². The fraction of sp³-hybridized carbons (Fsp3) is 0.235. The molecule has 2 heterocycles. The first-order valence-electron chi connectivity index (χ1n) is 7.57. The number of hydrogen-bond donors (Lipinski definition) is 1. The number of benzene rings is 1. The maximum atomic E-state index is 12.1. The second-order valence-corrected chi connectivity index (χ2v) is 6.13. The Kier molecular flexibility index (Phi) is 4.66. The minimum Gasteiger partial charge on any atom is -0.322 e. The summed E-state index contributed by atoms with van der Waals surface area (Å²) in [6.45, 7) is 4.62. The Labute approximate surface area is 145 Å². The van der Waals surface area contributed by atoms with Crippen LogP contribution in [0.4, 0.5) is 5.69 Å². The Balaban J connectivity index is 1.59. The van der Waals surface area contributed by atoms with Gasteiger partial charge in [-0.3, -0.25) is 14.2 Å². The Morgan fingerprint density at radius 3 is 2.58 bits per heavy atom. The molecule has 0 fully saturated rings.